The van der Waals surface area contributed by atoms with Gasteiger partial charge in [0.05, 0.1) is 23.7 Å². The number of halogens is 2. The molecule has 0 fully saturated rings. The van der Waals surface area contributed by atoms with Crippen molar-refractivity contribution >= 4 is 45.8 Å². The summed E-state index contributed by atoms with van der Waals surface area (Å²) in [6.45, 7) is 3.75. The maximum absolute atomic E-state index is 11.4. The van der Waals surface area contributed by atoms with Crippen LogP contribution >= 0.6 is 34.2 Å². The van der Waals surface area contributed by atoms with Crippen LogP contribution in [-0.2, 0) is 9.53 Å². The maximum Gasteiger partial charge on any atom is 0.310 e. The molecule has 0 heterocycles. The molecular formula is C12H15ClINO2. The van der Waals surface area contributed by atoms with E-state index in [2.05, 4.69) is 27.9 Å². The summed E-state index contributed by atoms with van der Waals surface area (Å²) in [6, 6.07) is 5.70. The van der Waals surface area contributed by atoms with E-state index in [1.165, 1.54) is 7.11 Å². The zero-order valence-corrected chi connectivity index (χ0v) is 12.9. The van der Waals surface area contributed by atoms with Gasteiger partial charge in [-0.05, 0) is 54.6 Å². The maximum atomic E-state index is 11.4. The number of benzene rings is 1. The Morgan fingerprint density at radius 1 is 1.47 bits per heavy atom. The fraction of sp³-hybridized carbons (Fsp3) is 0.417. The van der Waals surface area contributed by atoms with Crippen LogP contribution in [0.25, 0.3) is 0 Å². The van der Waals surface area contributed by atoms with Crippen molar-refractivity contribution < 1.29 is 9.53 Å². The molecule has 1 aromatic rings. The van der Waals surface area contributed by atoms with Gasteiger partial charge in [0.2, 0.25) is 0 Å². The van der Waals surface area contributed by atoms with E-state index in [9.17, 15) is 4.79 Å². The fourth-order valence-corrected chi connectivity index (χ4v) is 2.28. The first-order chi connectivity index (χ1) is 7.95. The van der Waals surface area contributed by atoms with E-state index >= 15 is 0 Å². The zero-order chi connectivity index (χ0) is 13.0. The van der Waals surface area contributed by atoms with Crippen LogP contribution in [0.15, 0.2) is 18.2 Å². The van der Waals surface area contributed by atoms with Crippen LogP contribution in [0.3, 0.4) is 0 Å². The normalized spacial score (nSPS) is 13.9. The predicted molar refractivity (Wildman–Crippen MR) is 78.4 cm³/mol. The molecule has 0 aliphatic heterocycles. The third-order valence-electron chi connectivity index (χ3n) is 2.64. The largest absolute Gasteiger partial charge is 0.469 e. The van der Waals surface area contributed by atoms with Crippen LogP contribution in [0.2, 0.25) is 5.02 Å². The van der Waals surface area contributed by atoms with E-state index in [1.54, 1.807) is 0 Å². The standard InChI is InChI=1S/C12H15ClINO2/c1-7(12(16)17-3)8(2)15-11-5-4-9(14)6-10(11)13/h4-8,15H,1-3H3. The van der Waals surface area contributed by atoms with Crippen molar-refractivity contribution in [2.24, 2.45) is 5.92 Å². The topological polar surface area (TPSA) is 38.3 Å². The van der Waals surface area contributed by atoms with Gasteiger partial charge in [-0.1, -0.05) is 11.6 Å². The number of esters is 1. The van der Waals surface area contributed by atoms with Gasteiger partial charge in [-0.3, -0.25) is 4.79 Å². The fourth-order valence-electron chi connectivity index (χ4n) is 1.37. The minimum Gasteiger partial charge on any atom is -0.469 e. The Kier molecular flexibility index (Phi) is 5.52. The molecule has 0 aliphatic carbocycles. The monoisotopic (exact) mass is 367 g/mol. The second-order valence-corrected chi connectivity index (χ2v) is 5.52. The summed E-state index contributed by atoms with van der Waals surface area (Å²) < 4.78 is 5.78. The van der Waals surface area contributed by atoms with Crippen molar-refractivity contribution in [2.45, 2.75) is 19.9 Å². The van der Waals surface area contributed by atoms with Crippen molar-refractivity contribution in [3.05, 3.63) is 26.8 Å². The lowest BCUT2D eigenvalue weighted by molar-refractivity contribution is -0.145. The molecule has 0 saturated carbocycles. The lowest BCUT2D eigenvalue weighted by Gasteiger charge is -2.21. The Labute approximate surface area is 120 Å². The molecule has 94 valence electrons. The summed E-state index contributed by atoms with van der Waals surface area (Å²) >= 11 is 8.31. The van der Waals surface area contributed by atoms with Crippen LogP contribution in [0.5, 0.6) is 0 Å². The highest BCUT2D eigenvalue weighted by atomic mass is 127. The molecule has 1 aromatic carbocycles. The van der Waals surface area contributed by atoms with Crippen LogP contribution in [-0.4, -0.2) is 19.1 Å². The van der Waals surface area contributed by atoms with Gasteiger partial charge in [0, 0.05) is 9.61 Å². The molecule has 0 aliphatic rings. The number of hydrogen-bond acceptors (Lipinski definition) is 3. The Bertz CT molecular complexity index is 411. The van der Waals surface area contributed by atoms with E-state index < -0.39 is 0 Å². The smallest absolute Gasteiger partial charge is 0.310 e. The van der Waals surface area contributed by atoms with Crippen molar-refractivity contribution in [3.8, 4) is 0 Å². The molecule has 5 heteroatoms. The molecule has 0 saturated heterocycles. The van der Waals surface area contributed by atoms with Crippen molar-refractivity contribution in [2.75, 3.05) is 12.4 Å². The van der Waals surface area contributed by atoms with Crippen LogP contribution in [0, 0.1) is 9.49 Å². The minimum absolute atomic E-state index is 0.0417. The summed E-state index contributed by atoms with van der Waals surface area (Å²) in [5, 5.41) is 3.87. The molecule has 0 bridgehead atoms. The number of rotatable bonds is 4. The summed E-state index contributed by atoms with van der Waals surface area (Å²) in [7, 11) is 1.39. The first-order valence-electron chi connectivity index (χ1n) is 5.25. The SMILES string of the molecule is COC(=O)C(C)C(C)Nc1ccc(I)cc1Cl. The van der Waals surface area contributed by atoms with Crippen molar-refractivity contribution in [3.63, 3.8) is 0 Å². The second kappa shape index (κ2) is 6.44. The van der Waals surface area contributed by atoms with Crippen LogP contribution in [0.4, 0.5) is 5.69 Å². The third kappa shape index (κ3) is 4.03. The first-order valence-corrected chi connectivity index (χ1v) is 6.70. The van der Waals surface area contributed by atoms with Gasteiger partial charge in [0.1, 0.15) is 0 Å². The van der Waals surface area contributed by atoms with E-state index in [1.807, 2.05) is 32.0 Å². The molecule has 17 heavy (non-hydrogen) atoms. The number of anilines is 1. The first kappa shape index (κ1) is 14.6. The van der Waals surface area contributed by atoms with Crippen LogP contribution < -0.4 is 5.32 Å². The predicted octanol–water partition coefficient (Wildman–Crippen LogP) is 3.55. The molecule has 0 spiro atoms. The van der Waals surface area contributed by atoms with Gasteiger partial charge in [0.15, 0.2) is 0 Å². The van der Waals surface area contributed by atoms with Crippen LogP contribution in [0.1, 0.15) is 13.8 Å². The average Bonchev–Trinajstić information content (AvgIpc) is 2.30. The summed E-state index contributed by atoms with van der Waals surface area (Å²) in [5.74, 6) is -0.457. The number of ether oxygens (including phenoxy) is 1. The number of nitrogens with one attached hydrogen (secondary N) is 1. The summed E-state index contributed by atoms with van der Waals surface area (Å²) in [6.07, 6.45) is 0. The van der Waals surface area contributed by atoms with Gasteiger partial charge in [-0.25, -0.2) is 0 Å². The van der Waals surface area contributed by atoms with E-state index in [-0.39, 0.29) is 17.9 Å². The zero-order valence-electron chi connectivity index (χ0n) is 9.96. The summed E-state index contributed by atoms with van der Waals surface area (Å²) in [5.41, 5.74) is 0.829. The second-order valence-electron chi connectivity index (χ2n) is 3.87. The lowest BCUT2D eigenvalue weighted by atomic mass is 10.0. The van der Waals surface area contributed by atoms with E-state index in [4.69, 9.17) is 16.3 Å². The summed E-state index contributed by atoms with van der Waals surface area (Å²) in [4.78, 5) is 11.4. The van der Waals surface area contributed by atoms with E-state index in [0.29, 0.717) is 5.02 Å². The highest BCUT2D eigenvalue weighted by Gasteiger charge is 2.21. The average molecular weight is 368 g/mol. The van der Waals surface area contributed by atoms with Gasteiger partial charge >= 0.3 is 5.97 Å². The molecule has 3 nitrogen and oxygen atoms in total. The van der Waals surface area contributed by atoms with Crippen molar-refractivity contribution in [1.29, 1.82) is 0 Å². The minimum atomic E-state index is -0.230. The molecule has 1 rings (SSSR count). The molecule has 0 aromatic heterocycles. The molecule has 0 radical (unpaired) electrons. The third-order valence-corrected chi connectivity index (χ3v) is 3.62. The van der Waals surface area contributed by atoms with Gasteiger partial charge < -0.3 is 10.1 Å². The van der Waals surface area contributed by atoms with E-state index in [0.717, 1.165) is 9.26 Å². The van der Waals surface area contributed by atoms with Gasteiger partial charge in [0.25, 0.3) is 0 Å². The number of carbonyl (C=O) groups is 1. The Morgan fingerprint density at radius 2 is 2.12 bits per heavy atom. The molecule has 2 atom stereocenters. The Balaban J connectivity index is 2.74. The van der Waals surface area contributed by atoms with Crippen molar-refractivity contribution in [1.82, 2.24) is 0 Å². The van der Waals surface area contributed by atoms with Gasteiger partial charge in [-0.15, -0.1) is 0 Å². The molecule has 1 N–H and O–H groups in total. The Morgan fingerprint density at radius 3 is 2.65 bits per heavy atom. The quantitative estimate of drug-likeness (QED) is 0.653. The Hall–Kier alpha value is -0.490. The number of hydrogen-bond donors (Lipinski definition) is 1. The highest BCUT2D eigenvalue weighted by molar-refractivity contribution is 14.1. The number of methoxy groups -OCH3 is 1. The molecule has 0 amide bonds. The lowest BCUT2D eigenvalue weighted by Crippen LogP contribution is -2.30. The molecule has 2 unspecified atom stereocenters. The highest BCUT2D eigenvalue weighted by Crippen LogP contribution is 2.25. The number of carbonyl (C=O) groups excluding carboxylic acids is 1. The molecular weight excluding hydrogens is 352 g/mol. The van der Waals surface area contributed by atoms with Gasteiger partial charge in [-0.2, -0.15) is 0 Å².